The van der Waals surface area contributed by atoms with Crippen LogP contribution in [0.3, 0.4) is 0 Å². The van der Waals surface area contributed by atoms with Crippen LogP contribution >= 0.6 is 0 Å². The molecule has 2 nitrogen and oxygen atoms in total. The van der Waals surface area contributed by atoms with Gasteiger partial charge in [0.05, 0.1) is 0 Å². The molecule has 0 atom stereocenters. The van der Waals surface area contributed by atoms with E-state index >= 15 is 0 Å². The highest BCUT2D eigenvalue weighted by Crippen LogP contribution is 2.35. The Bertz CT molecular complexity index is 364. The van der Waals surface area contributed by atoms with Gasteiger partial charge in [-0.2, -0.15) is 0 Å². The maximum atomic E-state index is 13.1. The summed E-state index contributed by atoms with van der Waals surface area (Å²) in [6, 6.07) is 1.81. The molecule has 0 heterocycles. The number of phenolic OH excluding ortho intramolecular Hbond substituents is 1. The number of halogens is 2. The van der Waals surface area contributed by atoms with Gasteiger partial charge in [0.25, 0.3) is 0 Å². The van der Waals surface area contributed by atoms with Crippen LogP contribution in [-0.4, -0.2) is 11.7 Å². The van der Waals surface area contributed by atoms with Crippen molar-refractivity contribution in [1.29, 1.82) is 0 Å². The molecule has 0 saturated heterocycles. The van der Waals surface area contributed by atoms with Gasteiger partial charge in [-0.05, 0) is 24.4 Å². The van der Waals surface area contributed by atoms with Crippen molar-refractivity contribution in [2.45, 2.75) is 25.7 Å². The van der Waals surface area contributed by atoms with Crippen molar-refractivity contribution in [3.05, 3.63) is 29.3 Å². The third-order valence-corrected chi connectivity index (χ3v) is 2.53. The molecule has 15 heavy (non-hydrogen) atoms. The van der Waals surface area contributed by atoms with Crippen molar-refractivity contribution in [1.82, 2.24) is 0 Å². The zero-order chi connectivity index (χ0) is 11.6. The fourth-order valence-electron chi connectivity index (χ4n) is 1.58. The Morgan fingerprint density at radius 3 is 2.47 bits per heavy atom. The second kappa shape index (κ2) is 4.14. The molecule has 1 aromatic rings. The van der Waals surface area contributed by atoms with Crippen LogP contribution in [0.1, 0.15) is 25.8 Å². The second-order valence-corrected chi connectivity index (χ2v) is 4.21. The van der Waals surface area contributed by atoms with Crippen molar-refractivity contribution in [3.8, 4) is 5.75 Å². The maximum Gasteiger partial charge on any atom is 0.168 e. The van der Waals surface area contributed by atoms with Crippen molar-refractivity contribution < 1.29 is 13.9 Å². The van der Waals surface area contributed by atoms with Gasteiger partial charge in [-0.1, -0.05) is 13.8 Å². The molecule has 0 radical (unpaired) electrons. The molecule has 0 aliphatic heterocycles. The van der Waals surface area contributed by atoms with Gasteiger partial charge in [0.2, 0.25) is 0 Å². The molecule has 84 valence electrons. The predicted molar refractivity (Wildman–Crippen MR) is 54.7 cm³/mol. The van der Waals surface area contributed by atoms with Crippen molar-refractivity contribution in [2.24, 2.45) is 5.73 Å². The molecule has 0 bridgehead atoms. The Morgan fingerprint density at radius 2 is 1.93 bits per heavy atom. The fourth-order valence-corrected chi connectivity index (χ4v) is 1.58. The van der Waals surface area contributed by atoms with Crippen molar-refractivity contribution in [2.75, 3.05) is 6.54 Å². The van der Waals surface area contributed by atoms with Gasteiger partial charge >= 0.3 is 0 Å². The average molecular weight is 215 g/mol. The first-order chi connectivity index (χ1) is 6.88. The topological polar surface area (TPSA) is 46.2 Å². The van der Waals surface area contributed by atoms with E-state index < -0.39 is 22.8 Å². The minimum atomic E-state index is -0.935. The predicted octanol–water partition coefficient (Wildman–Crippen LogP) is 2.30. The minimum Gasteiger partial charge on any atom is -0.505 e. The van der Waals surface area contributed by atoms with E-state index in [0.717, 1.165) is 6.07 Å². The summed E-state index contributed by atoms with van der Waals surface area (Å²) >= 11 is 0. The Morgan fingerprint density at radius 1 is 1.33 bits per heavy atom. The van der Waals surface area contributed by atoms with Crippen molar-refractivity contribution in [3.63, 3.8) is 0 Å². The van der Waals surface area contributed by atoms with Crippen LogP contribution < -0.4 is 5.73 Å². The molecule has 0 saturated carbocycles. The van der Waals surface area contributed by atoms with Crippen molar-refractivity contribution >= 4 is 0 Å². The summed E-state index contributed by atoms with van der Waals surface area (Å²) in [4.78, 5) is 0. The fraction of sp³-hybridized carbons (Fsp3) is 0.455. The monoisotopic (exact) mass is 215 g/mol. The van der Waals surface area contributed by atoms with E-state index in [-0.39, 0.29) is 5.56 Å². The van der Waals surface area contributed by atoms with Crippen LogP contribution in [0.4, 0.5) is 8.78 Å². The third-order valence-electron chi connectivity index (χ3n) is 2.53. The molecular formula is C11H15F2NO. The van der Waals surface area contributed by atoms with E-state index in [4.69, 9.17) is 5.73 Å². The average Bonchev–Trinajstić information content (AvgIpc) is 2.11. The Balaban J connectivity index is 3.24. The molecule has 0 aliphatic carbocycles. The molecule has 0 aliphatic rings. The van der Waals surface area contributed by atoms with E-state index in [1.165, 1.54) is 0 Å². The number of phenols is 1. The van der Waals surface area contributed by atoms with Crippen LogP contribution in [0.25, 0.3) is 0 Å². The highest BCUT2D eigenvalue weighted by Gasteiger charge is 2.25. The molecule has 0 fully saturated rings. The Labute approximate surface area is 87.7 Å². The standard InChI is InChI=1S/C11H15F2NO/c1-11(2,3-4-14)8-5-7(12)6-9(13)10(8)15/h5-6,15H,3-4,14H2,1-2H3. The van der Waals surface area contributed by atoms with E-state index in [2.05, 4.69) is 0 Å². The highest BCUT2D eigenvalue weighted by molar-refractivity contribution is 5.39. The molecular weight excluding hydrogens is 200 g/mol. The van der Waals surface area contributed by atoms with E-state index in [9.17, 15) is 13.9 Å². The Kier molecular flexibility index (Phi) is 3.29. The van der Waals surface area contributed by atoms with Crippen LogP contribution in [0.15, 0.2) is 12.1 Å². The van der Waals surface area contributed by atoms with E-state index in [0.29, 0.717) is 19.0 Å². The quantitative estimate of drug-likeness (QED) is 0.812. The lowest BCUT2D eigenvalue weighted by atomic mass is 9.81. The zero-order valence-electron chi connectivity index (χ0n) is 8.85. The first kappa shape index (κ1) is 11.9. The molecule has 3 N–H and O–H groups in total. The van der Waals surface area contributed by atoms with E-state index in [1.807, 2.05) is 0 Å². The Hall–Kier alpha value is -1.16. The molecule has 0 unspecified atom stereocenters. The molecule has 0 amide bonds. The molecule has 4 heteroatoms. The number of hydrogen-bond donors (Lipinski definition) is 2. The third kappa shape index (κ3) is 2.45. The largest absolute Gasteiger partial charge is 0.505 e. The highest BCUT2D eigenvalue weighted by atomic mass is 19.1. The molecule has 1 aromatic carbocycles. The summed E-state index contributed by atoms with van der Waals surface area (Å²) in [6.07, 6.45) is 0.545. The summed E-state index contributed by atoms with van der Waals surface area (Å²) in [7, 11) is 0. The lowest BCUT2D eigenvalue weighted by Crippen LogP contribution is -2.22. The van der Waals surface area contributed by atoms with Gasteiger partial charge in [0, 0.05) is 11.6 Å². The number of rotatable bonds is 3. The summed E-state index contributed by atoms with van der Waals surface area (Å²) < 4.78 is 26.1. The zero-order valence-corrected chi connectivity index (χ0v) is 8.85. The minimum absolute atomic E-state index is 0.255. The second-order valence-electron chi connectivity index (χ2n) is 4.21. The van der Waals surface area contributed by atoms with Crippen LogP contribution in [-0.2, 0) is 5.41 Å². The van der Waals surface area contributed by atoms with Crippen LogP contribution in [0.2, 0.25) is 0 Å². The number of benzene rings is 1. The molecule has 1 rings (SSSR count). The van der Waals surface area contributed by atoms with Gasteiger partial charge in [-0.3, -0.25) is 0 Å². The van der Waals surface area contributed by atoms with E-state index in [1.54, 1.807) is 13.8 Å². The summed E-state index contributed by atoms with van der Waals surface area (Å²) in [5.74, 6) is -2.12. The van der Waals surface area contributed by atoms with Gasteiger partial charge in [0.1, 0.15) is 5.82 Å². The summed E-state index contributed by atoms with van der Waals surface area (Å²) in [5.41, 5.74) is 5.12. The normalized spacial score (nSPS) is 11.8. The first-order valence-corrected chi connectivity index (χ1v) is 4.77. The molecule has 0 aromatic heterocycles. The first-order valence-electron chi connectivity index (χ1n) is 4.77. The van der Waals surface area contributed by atoms with Gasteiger partial charge < -0.3 is 10.8 Å². The smallest absolute Gasteiger partial charge is 0.168 e. The molecule has 0 spiro atoms. The summed E-state index contributed by atoms with van der Waals surface area (Å²) in [6.45, 7) is 3.96. The van der Waals surface area contributed by atoms with Crippen LogP contribution in [0.5, 0.6) is 5.75 Å². The van der Waals surface area contributed by atoms with Gasteiger partial charge in [-0.25, -0.2) is 8.78 Å². The van der Waals surface area contributed by atoms with Crippen LogP contribution in [0, 0.1) is 11.6 Å². The lowest BCUT2D eigenvalue weighted by Gasteiger charge is -2.25. The number of hydrogen-bond acceptors (Lipinski definition) is 2. The SMILES string of the molecule is CC(C)(CCN)c1cc(F)cc(F)c1O. The van der Waals surface area contributed by atoms with Gasteiger partial charge in [0.15, 0.2) is 11.6 Å². The number of nitrogens with two attached hydrogens (primary N) is 1. The maximum absolute atomic E-state index is 13.1. The summed E-state index contributed by atoms with van der Waals surface area (Å²) in [5, 5.41) is 9.50. The lowest BCUT2D eigenvalue weighted by molar-refractivity contribution is 0.390. The van der Waals surface area contributed by atoms with Gasteiger partial charge in [-0.15, -0.1) is 0 Å². The number of aromatic hydroxyl groups is 1.